The Labute approximate surface area is 102 Å². The van der Waals surface area contributed by atoms with Crippen LogP contribution in [0.2, 0.25) is 0 Å². The van der Waals surface area contributed by atoms with Gasteiger partial charge >= 0.3 is 0 Å². The summed E-state index contributed by atoms with van der Waals surface area (Å²) in [6, 6.07) is 0. The highest BCUT2D eigenvalue weighted by Gasteiger charge is 2.32. The highest BCUT2D eigenvalue weighted by atomic mass is 35.5. The second-order valence-corrected chi connectivity index (χ2v) is 5.00. The fourth-order valence-electron chi connectivity index (χ4n) is 2.48. The second-order valence-electron chi connectivity index (χ2n) is 4.73. The van der Waals surface area contributed by atoms with Crippen LogP contribution in [0.1, 0.15) is 32.6 Å². The SMILES string of the molecule is CCn1ccnc1NCC1(CCl)CCCC1. The van der Waals surface area contributed by atoms with E-state index in [1.807, 2.05) is 12.4 Å². The Kier molecular flexibility index (Phi) is 3.74. The first-order valence-corrected chi connectivity index (χ1v) is 6.64. The summed E-state index contributed by atoms with van der Waals surface area (Å²) in [4.78, 5) is 4.32. The minimum atomic E-state index is 0.298. The monoisotopic (exact) mass is 241 g/mol. The number of rotatable bonds is 5. The lowest BCUT2D eigenvalue weighted by molar-refractivity contribution is 0.367. The van der Waals surface area contributed by atoms with Crippen molar-refractivity contribution in [2.45, 2.75) is 39.2 Å². The van der Waals surface area contributed by atoms with Crippen LogP contribution in [0.3, 0.4) is 0 Å². The highest BCUT2D eigenvalue weighted by molar-refractivity contribution is 6.18. The Morgan fingerprint density at radius 1 is 1.50 bits per heavy atom. The number of hydrogen-bond acceptors (Lipinski definition) is 2. The quantitative estimate of drug-likeness (QED) is 0.803. The number of nitrogens with one attached hydrogen (secondary N) is 1. The number of aromatic nitrogens is 2. The van der Waals surface area contributed by atoms with Gasteiger partial charge in [0.1, 0.15) is 0 Å². The maximum atomic E-state index is 6.11. The van der Waals surface area contributed by atoms with Gasteiger partial charge in [0.25, 0.3) is 0 Å². The molecular weight excluding hydrogens is 222 g/mol. The van der Waals surface area contributed by atoms with Crippen molar-refractivity contribution in [3.63, 3.8) is 0 Å². The maximum absolute atomic E-state index is 6.11. The van der Waals surface area contributed by atoms with Gasteiger partial charge in [0.05, 0.1) is 0 Å². The molecule has 90 valence electrons. The first kappa shape index (κ1) is 11.8. The minimum absolute atomic E-state index is 0.298. The third kappa shape index (κ3) is 2.34. The van der Waals surface area contributed by atoms with Crippen LogP contribution in [0.25, 0.3) is 0 Å². The molecule has 2 rings (SSSR count). The lowest BCUT2D eigenvalue weighted by Gasteiger charge is -2.26. The van der Waals surface area contributed by atoms with E-state index in [4.69, 9.17) is 11.6 Å². The number of imidazole rings is 1. The Balaban J connectivity index is 1.95. The number of aryl methyl sites for hydroxylation is 1. The molecule has 1 aromatic rings. The zero-order valence-electron chi connectivity index (χ0n) is 9.88. The predicted molar refractivity (Wildman–Crippen MR) is 68.0 cm³/mol. The molecule has 0 amide bonds. The Hall–Kier alpha value is -0.700. The van der Waals surface area contributed by atoms with Crippen LogP contribution in [-0.2, 0) is 6.54 Å². The smallest absolute Gasteiger partial charge is 0.202 e. The fourth-order valence-corrected chi connectivity index (χ4v) is 2.84. The Morgan fingerprint density at radius 3 is 2.88 bits per heavy atom. The number of hydrogen-bond donors (Lipinski definition) is 1. The third-order valence-electron chi connectivity index (χ3n) is 3.63. The highest BCUT2D eigenvalue weighted by Crippen LogP contribution is 2.39. The summed E-state index contributed by atoms with van der Waals surface area (Å²) in [7, 11) is 0. The van der Waals surface area contributed by atoms with Crippen molar-refractivity contribution in [2.75, 3.05) is 17.7 Å². The summed E-state index contributed by atoms with van der Waals surface area (Å²) in [6.07, 6.45) is 8.97. The topological polar surface area (TPSA) is 29.9 Å². The van der Waals surface area contributed by atoms with Crippen LogP contribution in [0, 0.1) is 5.41 Å². The molecule has 0 aromatic carbocycles. The van der Waals surface area contributed by atoms with Crippen LogP contribution in [0.4, 0.5) is 5.95 Å². The predicted octanol–water partition coefficient (Wildman–Crippen LogP) is 3.11. The molecule has 1 aliphatic carbocycles. The van der Waals surface area contributed by atoms with Crippen LogP contribution in [-0.4, -0.2) is 22.0 Å². The standard InChI is InChI=1S/C12H20ClN3/c1-2-16-8-7-14-11(16)15-10-12(9-13)5-3-4-6-12/h7-8H,2-6,9-10H2,1H3,(H,14,15). The van der Waals surface area contributed by atoms with Gasteiger partial charge in [-0.05, 0) is 19.8 Å². The molecule has 0 radical (unpaired) electrons. The summed E-state index contributed by atoms with van der Waals surface area (Å²) in [6.45, 7) is 4.03. The molecular formula is C12H20ClN3. The van der Waals surface area contributed by atoms with Gasteiger partial charge in [0, 0.05) is 36.8 Å². The van der Waals surface area contributed by atoms with E-state index in [0.29, 0.717) is 5.41 Å². The molecule has 0 aliphatic heterocycles. The second kappa shape index (κ2) is 5.09. The summed E-state index contributed by atoms with van der Waals surface area (Å²) in [5.74, 6) is 1.73. The largest absolute Gasteiger partial charge is 0.355 e. The molecule has 0 atom stereocenters. The van der Waals surface area contributed by atoms with E-state index in [2.05, 4.69) is 21.8 Å². The summed E-state index contributed by atoms with van der Waals surface area (Å²) < 4.78 is 2.12. The van der Waals surface area contributed by atoms with Gasteiger partial charge in [0.15, 0.2) is 0 Å². The average molecular weight is 242 g/mol. The summed E-state index contributed by atoms with van der Waals surface area (Å²) in [5, 5.41) is 3.45. The van der Waals surface area contributed by atoms with Crippen LogP contribution in [0.15, 0.2) is 12.4 Å². The van der Waals surface area contributed by atoms with Crippen molar-refractivity contribution in [2.24, 2.45) is 5.41 Å². The Bertz CT molecular complexity index is 329. The third-order valence-corrected chi connectivity index (χ3v) is 4.19. The van der Waals surface area contributed by atoms with E-state index in [-0.39, 0.29) is 0 Å². The lowest BCUT2D eigenvalue weighted by atomic mass is 9.89. The van der Waals surface area contributed by atoms with Crippen LogP contribution in [0.5, 0.6) is 0 Å². The van der Waals surface area contributed by atoms with Crippen LogP contribution < -0.4 is 5.32 Å². The van der Waals surface area contributed by atoms with E-state index in [1.54, 1.807) is 0 Å². The summed E-state index contributed by atoms with van der Waals surface area (Å²) >= 11 is 6.11. The zero-order chi connectivity index (χ0) is 11.4. The first-order valence-electron chi connectivity index (χ1n) is 6.11. The zero-order valence-corrected chi connectivity index (χ0v) is 10.6. The van der Waals surface area contributed by atoms with Crippen molar-refractivity contribution in [1.29, 1.82) is 0 Å². The van der Waals surface area contributed by atoms with E-state index >= 15 is 0 Å². The van der Waals surface area contributed by atoms with Gasteiger partial charge < -0.3 is 9.88 Å². The molecule has 0 unspecified atom stereocenters. The first-order chi connectivity index (χ1) is 7.79. The number of halogens is 1. The fraction of sp³-hybridized carbons (Fsp3) is 0.750. The minimum Gasteiger partial charge on any atom is -0.355 e. The van der Waals surface area contributed by atoms with E-state index in [0.717, 1.165) is 24.9 Å². The van der Waals surface area contributed by atoms with Gasteiger partial charge in [0.2, 0.25) is 5.95 Å². The molecule has 1 fully saturated rings. The van der Waals surface area contributed by atoms with Gasteiger partial charge in [-0.15, -0.1) is 11.6 Å². The molecule has 4 heteroatoms. The normalized spacial score (nSPS) is 18.9. The lowest BCUT2D eigenvalue weighted by Crippen LogP contribution is -2.29. The molecule has 16 heavy (non-hydrogen) atoms. The number of anilines is 1. The molecule has 1 aliphatic rings. The van der Waals surface area contributed by atoms with E-state index in [9.17, 15) is 0 Å². The molecule has 0 spiro atoms. The number of alkyl halides is 1. The van der Waals surface area contributed by atoms with Crippen molar-refractivity contribution < 1.29 is 0 Å². The van der Waals surface area contributed by atoms with Crippen molar-refractivity contribution >= 4 is 17.5 Å². The molecule has 1 aromatic heterocycles. The van der Waals surface area contributed by atoms with Crippen molar-refractivity contribution in [1.82, 2.24) is 9.55 Å². The van der Waals surface area contributed by atoms with Crippen molar-refractivity contribution in [3.05, 3.63) is 12.4 Å². The van der Waals surface area contributed by atoms with E-state index in [1.165, 1.54) is 25.7 Å². The van der Waals surface area contributed by atoms with E-state index < -0.39 is 0 Å². The maximum Gasteiger partial charge on any atom is 0.202 e. The van der Waals surface area contributed by atoms with Gasteiger partial charge in [-0.1, -0.05) is 12.8 Å². The van der Waals surface area contributed by atoms with Crippen LogP contribution >= 0.6 is 11.6 Å². The molecule has 1 saturated carbocycles. The van der Waals surface area contributed by atoms with Crippen molar-refractivity contribution in [3.8, 4) is 0 Å². The van der Waals surface area contributed by atoms with Gasteiger partial charge in [-0.2, -0.15) is 0 Å². The Morgan fingerprint density at radius 2 is 2.25 bits per heavy atom. The molecule has 0 saturated heterocycles. The molecule has 0 bridgehead atoms. The summed E-state index contributed by atoms with van der Waals surface area (Å²) in [5.41, 5.74) is 0.298. The molecule has 1 heterocycles. The molecule has 1 N–H and O–H groups in total. The average Bonchev–Trinajstić information content (AvgIpc) is 2.96. The van der Waals surface area contributed by atoms with Gasteiger partial charge in [-0.25, -0.2) is 4.98 Å². The molecule has 3 nitrogen and oxygen atoms in total. The number of nitrogens with zero attached hydrogens (tertiary/aromatic N) is 2. The van der Waals surface area contributed by atoms with Gasteiger partial charge in [-0.3, -0.25) is 0 Å².